The Balaban J connectivity index is 1.27. The third-order valence-corrected chi connectivity index (χ3v) is 6.07. The molecule has 4 rings (SSSR count). The monoisotopic (exact) mass is 410 g/mol. The molecule has 0 radical (unpaired) electrons. The van der Waals surface area contributed by atoms with Gasteiger partial charge in [-0.2, -0.15) is 0 Å². The Labute approximate surface area is 178 Å². The number of ether oxygens (including phenoxy) is 3. The van der Waals surface area contributed by atoms with Gasteiger partial charge in [0.2, 0.25) is 5.91 Å². The Kier molecular flexibility index (Phi) is 6.43. The number of nitrogens with one attached hydrogen (secondary N) is 1. The highest BCUT2D eigenvalue weighted by Crippen LogP contribution is 2.32. The molecule has 1 N–H and O–H groups in total. The first-order valence-electron chi connectivity index (χ1n) is 10.7. The molecule has 2 aliphatic rings. The summed E-state index contributed by atoms with van der Waals surface area (Å²) in [4.78, 5) is 15.1. The first-order chi connectivity index (χ1) is 14.6. The molecule has 1 amide bonds. The van der Waals surface area contributed by atoms with E-state index in [4.69, 9.17) is 14.2 Å². The number of likely N-dealkylation sites (tertiary alicyclic amines) is 1. The van der Waals surface area contributed by atoms with Crippen molar-refractivity contribution in [2.75, 3.05) is 38.7 Å². The predicted molar refractivity (Wildman–Crippen MR) is 117 cm³/mol. The summed E-state index contributed by atoms with van der Waals surface area (Å²) in [6, 6.07) is 13.7. The summed E-state index contributed by atoms with van der Waals surface area (Å²) in [5, 5.41) is 3.02. The topological polar surface area (TPSA) is 60.0 Å². The van der Waals surface area contributed by atoms with Crippen LogP contribution in [-0.2, 0) is 11.2 Å². The van der Waals surface area contributed by atoms with Crippen LogP contribution in [0.25, 0.3) is 0 Å². The zero-order valence-corrected chi connectivity index (χ0v) is 17.7. The molecular formula is C24H30N2O4. The molecular weight excluding hydrogens is 380 g/mol. The highest BCUT2D eigenvalue weighted by Gasteiger charge is 2.27. The van der Waals surface area contributed by atoms with Gasteiger partial charge >= 0.3 is 0 Å². The molecule has 160 valence electrons. The molecule has 2 heterocycles. The minimum Gasteiger partial charge on any atom is -0.497 e. The fourth-order valence-electron chi connectivity index (χ4n) is 4.17. The Bertz CT molecular complexity index is 860. The van der Waals surface area contributed by atoms with E-state index in [2.05, 4.69) is 22.3 Å². The fraction of sp³-hybridized carbons (Fsp3) is 0.458. The molecule has 6 nitrogen and oxygen atoms in total. The highest BCUT2D eigenvalue weighted by molar-refractivity contribution is 5.94. The van der Waals surface area contributed by atoms with Gasteiger partial charge in [0.15, 0.2) is 11.5 Å². The molecule has 2 aromatic carbocycles. The number of amides is 1. The van der Waals surface area contributed by atoms with E-state index < -0.39 is 0 Å². The van der Waals surface area contributed by atoms with Gasteiger partial charge in [-0.25, -0.2) is 0 Å². The normalized spacial score (nSPS) is 17.9. The maximum absolute atomic E-state index is 12.8. The van der Waals surface area contributed by atoms with Gasteiger partial charge in [-0.1, -0.05) is 12.1 Å². The zero-order valence-electron chi connectivity index (χ0n) is 17.7. The molecule has 1 fully saturated rings. The lowest BCUT2D eigenvalue weighted by atomic mass is 9.89. The van der Waals surface area contributed by atoms with E-state index in [0.29, 0.717) is 24.9 Å². The Morgan fingerprint density at radius 2 is 1.80 bits per heavy atom. The van der Waals surface area contributed by atoms with Gasteiger partial charge in [0.1, 0.15) is 19.0 Å². The molecule has 30 heavy (non-hydrogen) atoms. The van der Waals surface area contributed by atoms with Crippen molar-refractivity contribution in [3.05, 3.63) is 48.0 Å². The van der Waals surface area contributed by atoms with Crippen molar-refractivity contribution in [2.45, 2.75) is 32.2 Å². The Morgan fingerprint density at radius 3 is 2.50 bits per heavy atom. The number of anilines is 1. The van der Waals surface area contributed by atoms with Crippen LogP contribution in [0.5, 0.6) is 17.2 Å². The van der Waals surface area contributed by atoms with Crippen LogP contribution in [0.2, 0.25) is 0 Å². The maximum atomic E-state index is 12.8. The van der Waals surface area contributed by atoms with E-state index in [1.54, 1.807) is 7.11 Å². The number of piperidine rings is 1. The molecule has 0 spiro atoms. The average molecular weight is 411 g/mol. The smallest absolute Gasteiger partial charge is 0.241 e. The van der Waals surface area contributed by atoms with E-state index in [0.717, 1.165) is 49.5 Å². The third-order valence-electron chi connectivity index (χ3n) is 6.07. The second kappa shape index (κ2) is 9.39. The Morgan fingerprint density at radius 1 is 1.10 bits per heavy atom. The average Bonchev–Trinajstić information content (AvgIpc) is 2.79. The Hall–Kier alpha value is -2.73. The van der Waals surface area contributed by atoms with Gasteiger partial charge in [0.05, 0.1) is 13.2 Å². The summed E-state index contributed by atoms with van der Waals surface area (Å²) in [6.07, 6.45) is 3.29. The lowest BCUT2D eigenvalue weighted by Gasteiger charge is -2.35. The minimum absolute atomic E-state index is 0.0142. The number of benzene rings is 2. The van der Waals surface area contributed by atoms with Crippen LogP contribution in [-0.4, -0.2) is 50.3 Å². The first kappa shape index (κ1) is 20.5. The van der Waals surface area contributed by atoms with Crippen molar-refractivity contribution in [3.63, 3.8) is 0 Å². The van der Waals surface area contributed by atoms with Crippen LogP contribution in [0.15, 0.2) is 42.5 Å². The molecule has 1 saturated heterocycles. The van der Waals surface area contributed by atoms with E-state index in [-0.39, 0.29) is 11.9 Å². The lowest BCUT2D eigenvalue weighted by Crippen LogP contribution is -2.46. The maximum Gasteiger partial charge on any atom is 0.241 e. The second-order valence-corrected chi connectivity index (χ2v) is 8.06. The number of nitrogens with zero attached hydrogens (tertiary/aromatic N) is 1. The minimum atomic E-state index is -0.167. The number of hydrogen-bond donors (Lipinski definition) is 1. The molecule has 1 atom stereocenters. The van der Waals surface area contributed by atoms with Crippen molar-refractivity contribution in [1.82, 2.24) is 4.90 Å². The highest BCUT2D eigenvalue weighted by atomic mass is 16.6. The molecule has 1 unspecified atom stereocenters. The fourth-order valence-corrected chi connectivity index (χ4v) is 4.17. The van der Waals surface area contributed by atoms with Crippen LogP contribution >= 0.6 is 0 Å². The number of carbonyl (C=O) groups is 1. The summed E-state index contributed by atoms with van der Waals surface area (Å²) >= 11 is 0. The number of rotatable bonds is 6. The van der Waals surface area contributed by atoms with E-state index in [1.165, 1.54) is 5.56 Å². The van der Waals surface area contributed by atoms with Gasteiger partial charge < -0.3 is 19.5 Å². The van der Waals surface area contributed by atoms with Crippen molar-refractivity contribution in [3.8, 4) is 17.2 Å². The molecule has 6 heteroatoms. The molecule has 0 aliphatic carbocycles. The second-order valence-electron chi connectivity index (χ2n) is 8.06. The largest absolute Gasteiger partial charge is 0.497 e. The van der Waals surface area contributed by atoms with Crippen LogP contribution in [0.1, 0.15) is 25.3 Å². The molecule has 0 aromatic heterocycles. The van der Waals surface area contributed by atoms with Crippen LogP contribution in [0.4, 0.5) is 5.69 Å². The van der Waals surface area contributed by atoms with E-state index >= 15 is 0 Å². The SMILES string of the molecule is COc1ccc(CC2CCN(C(C)C(=O)Nc3ccc4c(c3)OCCO4)CC2)cc1. The first-order valence-corrected chi connectivity index (χ1v) is 10.7. The van der Waals surface area contributed by atoms with Crippen LogP contribution < -0.4 is 19.5 Å². The van der Waals surface area contributed by atoms with Gasteiger partial charge in [-0.3, -0.25) is 9.69 Å². The van der Waals surface area contributed by atoms with Crippen LogP contribution in [0, 0.1) is 5.92 Å². The number of methoxy groups -OCH3 is 1. The molecule has 2 aromatic rings. The summed E-state index contributed by atoms with van der Waals surface area (Å²) < 4.78 is 16.4. The standard InChI is InChI=1S/C24H30N2O4/c1-17(24(27)25-20-5-8-22-23(16-20)30-14-13-29-22)26-11-9-19(10-12-26)15-18-3-6-21(28-2)7-4-18/h3-8,16-17,19H,9-15H2,1-2H3,(H,25,27). The van der Waals surface area contributed by atoms with E-state index in [1.807, 2.05) is 37.3 Å². The molecule has 0 saturated carbocycles. The summed E-state index contributed by atoms with van der Waals surface area (Å²) in [5.74, 6) is 2.98. The quantitative estimate of drug-likeness (QED) is 0.786. The van der Waals surface area contributed by atoms with E-state index in [9.17, 15) is 4.79 Å². The summed E-state index contributed by atoms with van der Waals surface area (Å²) in [7, 11) is 1.69. The summed E-state index contributed by atoms with van der Waals surface area (Å²) in [5.41, 5.74) is 2.09. The lowest BCUT2D eigenvalue weighted by molar-refractivity contribution is -0.121. The predicted octanol–water partition coefficient (Wildman–Crippen LogP) is 3.75. The van der Waals surface area contributed by atoms with Gasteiger partial charge in [0.25, 0.3) is 0 Å². The van der Waals surface area contributed by atoms with Crippen molar-refractivity contribution >= 4 is 11.6 Å². The zero-order chi connectivity index (χ0) is 20.9. The van der Waals surface area contributed by atoms with Crippen molar-refractivity contribution in [1.29, 1.82) is 0 Å². The molecule has 2 aliphatic heterocycles. The van der Waals surface area contributed by atoms with Crippen molar-refractivity contribution in [2.24, 2.45) is 5.92 Å². The van der Waals surface area contributed by atoms with Gasteiger partial charge in [-0.15, -0.1) is 0 Å². The van der Waals surface area contributed by atoms with Crippen LogP contribution in [0.3, 0.4) is 0 Å². The number of fused-ring (bicyclic) bond motifs is 1. The number of hydrogen-bond acceptors (Lipinski definition) is 5. The summed E-state index contributed by atoms with van der Waals surface area (Å²) in [6.45, 7) is 4.96. The third kappa shape index (κ3) is 4.87. The number of carbonyl (C=O) groups excluding carboxylic acids is 1. The van der Waals surface area contributed by atoms with Gasteiger partial charge in [0, 0.05) is 11.8 Å². The molecule has 0 bridgehead atoms. The van der Waals surface area contributed by atoms with Crippen molar-refractivity contribution < 1.29 is 19.0 Å². The van der Waals surface area contributed by atoms with Gasteiger partial charge in [-0.05, 0) is 75.0 Å².